The van der Waals surface area contributed by atoms with Crippen molar-refractivity contribution in [2.75, 3.05) is 13.1 Å². The van der Waals surface area contributed by atoms with Crippen LogP contribution in [0.4, 0.5) is 0 Å². The average Bonchev–Trinajstić information content (AvgIpc) is 2.32. The minimum absolute atomic E-state index is 0.0889. The summed E-state index contributed by atoms with van der Waals surface area (Å²) < 4.78 is 0. The second-order valence-corrected chi connectivity index (χ2v) is 3.86. The lowest BCUT2D eigenvalue weighted by atomic mass is 10.1. The molecule has 1 rings (SSSR count). The van der Waals surface area contributed by atoms with E-state index >= 15 is 0 Å². The Labute approximate surface area is 100 Å². The Bertz CT molecular complexity index is 450. The molecule has 1 amide bonds. The molecule has 0 aromatic heterocycles. The van der Waals surface area contributed by atoms with E-state index in [0.29, 0.717) is 25.1 Å². The van der Waals surface area contributed by atoms with E-state index < -0.39 is 0 Å². The van der Waals surface area contributed by atoms with Crippen LogP contribution in [-0.2, 0) is 0 Å². The summed E-state index contributed by atoms with van der Waals surface area (Å²) in [4.78, 5) is 14.4. The van der Waals surface area contributed by atoms with Gasteiger partial charge in [0.1, 0.15) is 0 Å². The first-order valence-electron chi connectivity index (χ1n) is 5.51. The smallest absolute Gasteiger partial charge is 0.251 e. The Morgan fingerprint density at radius 1 is 1.41 bits per heavy atom. The standard InChI is InChI=1S/C12H16N4O/c1-9-4-5-11(8-10(9)2)12(17)14-6-3-7-15-16-13/h4-5,8H,3,6-7H2,1-2H3,(H,14,17). The highest BCUT2D eigenvalue weighted by Crippen LogP contribution is 2.09. The van der Waals surface area contributed by atoms with Gasteiger partial charge in [-0.15, -0.1) is 0 Å². The first-order chi connectivity index (χ1) is 8.15. The first kappa shape index (κ1) is 13.1. The van der Waals surface area contributed by atoms with Crippen molar-refractivity contribution < 1.29 is 4.79 Å². The van der Waals surface area contributed by atoms with Gasteiger partial charge in [-0.05, 0) is 49.1 Å². The molecule has 1 aromatic carbocycles. The van der Waals surface area contributed by atoms with Gasteiger partial charge in [-0.1, -0.05) is 11.2 Å². The number of azide groups is 1. The van der Waals surface area contributed by atoms with Crippen molar-refractivity contribution in [1.82, 2.24) is 5.32 Å². The largest absolute Gasteiger partial charge is 0.352 e. The summed E-state index contributed by atoms with van der Waals surface area (Å²) in [5, 5.41) is 6.18. The quantitative estimate of drug-likeness (QED) is 0.360. The number of aryl methyl sites for hydroxylation is 2. The molecular formula is C12H16N4O. The number of carbonyl (C=O) groups excluding carboxylic acids is 1. The molecule has 1 N–H and O–H groups in total. The molecule has 0 saturated carbocycles. The van der Waals surface area contributed by atoms with Crippen molar-refractivity contribution >= 4 is 5.91 Å². The number of benzene rings is 1. The third-order valence-electron chi connectivity index (χ3n) is 2.55. The Balaban J connectivity index is 2.46. The molecule has 0 spiro atoms. The minimum atomic E-state index is -0.0889. The highest BCUT2D eigenvalue weighted by Gasteiger charge is 2.05. The molecule has 0 bridgehead atoms. The fraction of sp³-hybridized carbons (Fsp3) is 0.417. The molecule has 1 aromatic rings. The summed E-state index contributed by atoms with van der Waals surface area (Å²) in [6.45, 7) is 4.92. The molecule has 0 heterocycles. The summed E-state index contributed by atoms with van der Waals surface area (Å²) in [6, 6.07) is 5.62. The van der Waals surface area contributed by atoms with Crippen molar-refractivity contribution in [3.63, 3.8) is 0 Å². The molecule has 0 atom stereocenters. The molecule has 0 saturated heterocycles. The van der Waals surface area contributed by atoms with Crippen LogP contribution in [0.3, 0.4) is 0 Å². The molecule has 5 nitrogen and oxygen atoms in total. The van der Waals surface area contributed by atoms with Gasteiger partial charge >= 0.3 is 0 Å². The van der Waals surface area contributed by atoms with Crippen molar-refractivity contribution in [2.45, 2.75) is 20.3 Å². The Hall–Kier alpha value is -2.00. The number of hydrogen-bond acceptors (Lipinski definition) is 2. The molecular weight excluding hydrogens is 216 g/mol. The van der Waals surface area contributed by atoms with Crippen LogP contribution in [0.25, 0.3) is 10.4 Å². The third kappa shape index (κ3) is 4.17. The van der Waals surface area contributed by atoms with Crippen LogP contribution >= 0.6 is 0 Å². The number of hydrogen-bond donors (Lipinski definition) is 1. The van der Waals surface area contributed by atoms with Crippen LogP contribution in [0.2, 0.25) is 0 Å². The number of nitrogens with one attached hydrogen (secondary N) is 1. The van der Waals surface area contributed by atoms with Gasteiger partial charge in [0, 0.05) is 23.6 Å². The lowest BCUT2D eigenvalue weighted by molar-refractivity contribution is 0.0953. The molecule has 0 aliphatic rings. The maximum atomic E-state index is 11.7. The van der Waals surface area contributed by atoms with Crippen molar-refractivity contribution in [3.8, 4) is 0 Å². The molecule has 0 aliphatic heterocycles. The molecule has 17 heavy (non-hydrogen) atoms. The summed E-state index contributed by atoms with van der Waals surface area (Å²) >= 11 is 0. The van der Waals surface area contributed by atoms with Crippen LogP contribution in [-0.4, -0.2) is 19.0 Å². The normalized spacial score (nSPS) is 9.53. The Morgan fingerprint density at radius 2 is 2.18 bits per heavy atom. The molecule has 90 valence electrons. The lowest BCUT2D eigenvalue weighted by Gasteiger charge is -2.06. The van der Waals surface area contributed by atoms with Gasteiger partial charge in [-0.3, -0.25) is 4.79 Å². The van der Waals surface area contributed by atoms with Crippen molar-refractivity contribution in [2.24, 2.45) is 5.11 Å². The van der Waals surface area contributed by atoms with E-state index in [1.54, 1.807) is 0 Å². The summed E-state index contributed by atoms with van der Waals surface area (Å²) in [7, 11) is 0. The van der Waals surface area contributed by atoms with E-state index in [4.69, 9.17) is 5.53 Å². The fourth-order valence-corrected chi connectivity index (χ4v) is 1.38. The number of carbonyl (C=O) groups is 1. The highest BCUT2D eigenvalue weighted by molar-refractivity contribution is 5.94. The van der Waals surface area contributed by atoms with Crippen molar-refractivity contribution in [1.29, 1.82) is 0 Å². The maximum absolute atomic E-state index is 11.7. The predicted octanol–water partition coefficient (Wildman–Crippen LogP) is 2.73. The third-order valence-corrected chi connectivity index (χ3v) is 2.55. The highest BCUT2D eigenvalue weighted by atomic mass is 16.1. The minimum Gasteiger partial charge on any atom is -0.352 e. The zero-order chi connectivity index (χ0) is 12.7. The maximum Gasteiger partial charge on any atom is 0.251 e. The summed E-state index contributed by atoms with van der Waals surface area (Å²) in [5.41, 5.74) is 11.0. The van der Waals surface area contributed by atoms with Crippen LogP contribution in [0.15, 0.2) is 23.3 Å². The van der Waals surface area contributed by atoms with Gasteiger partial charge in [0.05, 0.1) is 0 Å². The fourth-order valence-electron chi connectivity index (χ4n) is 1.38. The monoisotopic (exact) mass is 232 g/mol. The summed E-state index contributed by atoms with van der Waals surface area (Å²) in [5.74, 6) is -0.0889. The molecule has 0 fully saturated rings. The van der Waals surface area contributed by atoms with Crippen LogP contribution < -0.4 is 5.32 Å². The molecule has 0 radical (unpaired) electrons. The van der Waals surface area contributed by atoms with Gasteiger partial charge in [-0.25, -0.2) is 0 Å². The van der Waals surface area contributed by atoms with Gasteiger partial charge in [0.15, 0.2) is 0 Å². The first-order valence-corrected chi connectivity index (χ1v) is 5.51. The van der Waals surface area contributed by atoms with E-state index in [9.17, 15) is 4.79 Å². The molecule has 0 unspecified atom stereocenters. The average molecular weight is 232 g/mol. The SMILES string of the molecule is Cc1ccc(C(=O)NCCCN=[N+]=[N-])cc1C. The van der Waals surface area contributed by atoms with Crippen LogP contribution in [0, 0.1) is 13.8 Å². The topological polar surface area (TPSA) is 77.9 Å². The summed E-state index contributed by atoms with van der Waals surface area (Å²) in [6.07, 6.45) is 0.653. The second kappa shape index (κ2) is 6.55. The van der Waals surface area contributed by atoms with Gasteiger partial charge in [-0.2, -0.15) is 0 Å². The predicted molar refractivity (Wildman–Crippen MR) is 66.9 cm³/mol. The zero-order valence-corrected chi connectivity index (χ0v) is 10.1. The number of nitrogens with zero attached hydrogens (tertiary/aromatic N) is 3. The van der Waals surface area contributed by atoms with Gasteiger partial charge in [0.2, 0.25) is 0 Å². The van der Waals surface area contributed by atoms with E-state index in [0.717, 1.165) is 5.56 Å². The van der Waals surface area contributed by atoms with E-state index in [1.165, 1.54) is 5.56 Å². The van der Waals surface area contributed by atoms with Crippen molar-refractivity contribution in [3.05, 3.63) is 45.3 Å². The van der Waals surface area contributed by atoms with Gasteiger partial charge in [0.25, 0.3) is 5.91 Å². The molecule has 0 aliphatic carbocycles. The van der Waals surface area contributed by atoms with Crippen LogP contribution in [0.5, 0.6) is 0 Å². The number of rotatable bonds is 5. The van der Waals surface area contributed by atoms with Crippen LogP contribution in [0.1, 0.15) is 27.9 Å². The molecule has 5 heteroatoms. The Kier molecular flexibility index (Phi) is 5.04. The van der Waals surface area contributed by atoms with Gasteiger partial charge < -0.3 is 5.32 Å². The van der Waals surface area contributed by atoms with E-state index in [2.05, 4.69) is 15.3 Å². The number of amides is 1. The lowest BCUT2D eigenvalue weighted by Crippen LogP contribution is -2.24. The second-order valence-electron chi connectivity index (χ2n) is 3.86. The van der Waals surface area contributed by atoms with E-state index in [1.807, 2.05) is 32.0 Å². The zero-order valence-electron chi connectivity index (χ0n) is 10.1. The Morgan fingerprint density at radius 3 is 2.82 bits per heavy atom. The van der Waals surface area contributed by atoms with E-state index in [-0.39, 0.29) is 5.91 Å².